The minimum Gasteiger partial charge on any atom is -0.478 e. The third kappa shape index (κ3) is 3.75. The Hall–Kier alpha value is -2.50. The zero-order chi connectivity index (χ0) is 15.4. The molecule has 6 nitrogen and oxygen atoms in total. The number of aliphatic carboxylic acids is 1. The maximum Gasteiger partial charge on any atom is 0.328 e. The molecule has 0 aromatic heterocycles. The second kappa shape index (κ2) is 6.30. The maximum atomic E-state index is 11.8. The second-order valence-corrected chi connectivity index (χ2v) is 5.03. The van der Waals surface area contributed by atoms with Crippen molar-refractivity contribution in [1.82, 2.24) is 4.90 Å². The average Bonchev–Trinajstić information content (AvgIpc) is 2.45. The van der Waals surface area contributed by atoms with E-state index in [0.29, 0.717) is 13.1 Å². The Bertz CT molecular complexity index is 576. The van der Waals surface area contributed by atoms with Crippen molar-refractivity contribution in [3.8, 4) is 0 Å². The minimum absolute atomic E-state index is 0.258. The van der Waals surface area contributed by atoms with Crippen LogP contribution in [0.2, 0.25) is 0 Å². The van der Waals surface area contributed by atoms with Crippen LogP contribution in [0, 0.1) is 6.92 Å². The van der Waals surface area contributed by atoms with Gasteiger partial charge in [-0.05, 0) is 30.7 Å². The first-order chi connectivity index (χ1) is 9.97. The fourth-order valence-corrected chi connectivity index (χ4v) is 2.45. The molecule has 0 radical (unpaired) electrons. The molecule has 1 saturated heterocycles. The van der Waals surface area contributed by atoms with Crippen LogP contribution in [-0.4, -0.2) is 48.1 Å². The SMILES string of the molecule is Cc1cc(N)ccc1N1CCN(C(=O)/C=C/C(=O)O)CC1. The first-order valence-corrected chi connectivity index (χ1v) is 6.78. The Labute approximate surface area is 123 Å². The van der Waals surface area contributed by atoms with E-state index in [4.69, 9.17) is 10.8 Å². The summed E-state index contributed by atoms with van der Waals surface area (Å²) in [6.07, 6.45) is 1.98. The lowest BCUT2D eigenvalue weighted by atomic mass is 10.1. The molecule has 0 spiro atoms. The van der Waals surface area contributed by atoms with Gasteiger partial charge in [0, 0.05) is 49.7 Å². The maximum absolute atomic E-state index is 11.8. The minimum atomic E-state index is -1.11. The van der Waals surface area contributed by atoms with E-state index in [1.807, 2.05) is 25.1 Å². The van der Waals surface area contributed by atoms with Gasteiger partial charge in [0.05, 0.1) is 0 Å². The van der Waals surface area contributed by atoms with E-state index in [1.165, 1.54) is 0 Å². The number of rotatable bonds is 3. The molecular formula is C15H19N3O3. The Morgan fingerprint density at radius 1 is 1.19 bits per heavy atom. The van der Waals surface area contributed by atoms with Gasteiger partial charge in [-0.25, -0.2) is 4.79 Å². The molecule has 1 aliphatic rings. The first kappa shape index (κ1) is 14.9. The number of piperazine rings is 1. The highest BCUT2D eigenvalue weighted by atomic mass is 16.4. The summed E-state index contributed by atoms with van der Waals surface area (Å²) in [5.41, 5.74) is 8.72. The van der Waals surface area contributed by atoms with Crippen LogP contribution in [-0.2, 0) is 9.59 Å². The smallest absolute Gasteiger partial charge is 0.328 e. The molecule has 1 aliphatic heterocycles. The molecule has 112 valence electrons. The lowest BCUT2D eigenvalue weighted by molar-refractivity contribution is -0.132. The highest BCUT2D eigenvalue weighted by Gasteiger charge is 2.20. The molecule has 0 atom stereocenters. The van der Waals surface area contributed by atoms with E-state index in [0.717, 1.165) is 42.2 Å². The molecule has 2 rings (SSSR count). The Morgan fingerprint density at radius 2 is 1.86 bits per heavy atom. The van der Waals surface area contributed by atoms with Crippen LogP contribution in [0.4, 0.5) is 11.4 Å². The van der Waals surface area contributed by atoms with Gasteiger partial charge >= 0.3 is 5.97 Å². The predicted molar refractivity (Wildman–Crippen MR) is 81.2 cm³/mol. The Morgan fingerprint density at radius 3 is 2.43 bits per heavy atom. The average molecular weight is 289 g/mol. The monoisotopic (exact) mass is 289 g/mol. The number of aryl methyl sites for hydroxylation is 1. The first-order valence-electron chi connectivity index (χ1n) is 6.78. The summed E-state index contributed by atoms with van der Waals surface area (Å²) >= 11 is 0. The van der Waals surface area contributed by atoms with Gasteiger partial charge in [-0.3, -0.25) is 4.79 Å². The van der Waals surface area contributed by atoms with Crippen LogP contribution in [0.3, 0.4) is 0 Å². The van der Waals surface area contributed by atoms with Crippen LogP contribution in [0.5, 0.6) is 0 Å². The number of hydrogen-bond donors (Lipinski definition) is 2. The van der Waals surface area contributed by atoms with Gasteiger partial charge < -0.3 is 20.6 Å². The van der Waals surface area contributed by atoms with Crippen LogP contribution in [0.25, 0.3) is 0 Å². The molecule has 1 heterocycles. The van der Waals surface area contributed by atoms with Gasteiger partial charge in [0.15, 0.2) is 0 Å². The summed E-state index contributed by atoms with van der Waals surface area (Å²) in [5.74, 6) is -1.37. The van der Waals surface area contributed by atoms with E-state index in [9.17, 15) is 9.59 Å². The molecule has 0 unspecified atom stereocenters. The molecule has 1 fully saturated rings. The Balaban J connectivity index is 1.97. The fraction of sp³-hybridized carbons (Fsp3) is 0.333. The lowest BCUT2D eigenvalue weighted by Crippen LogP contribution is -2.48. The largest absolute Gasteiger partial charge is 0.478 e. The van der Waals surface area contributed by atoms with Crippen LogP contribution in [0.1, 0.15) is 5.56 Å². The standard InChI is InChI=1S/C15H19N3O3/c1-11-10-12(16)2-3-13(11)17-6-8-18(9-7-17)14(19)4-5-15(20)21/h2-5,10H,6-9,16H2,1H3,(H,20,21)/b5-4+. The van der Waals surface area contributed by atoms with Crippen LogP contribution >= 0.6 is 0 Å². The van der Waals surface area contributed by atoms with E-state index >= 15 is 0 Å². The number of carbonyl (C=O) groups excluding carboxylic acids is 1. The van der Waals surface area contributed by atoms with Crippen molar-refractivity contribution in [2.24, 2.45) is 0 Å². The van der Waals surface area contributed by atoms with E-state index < -0.39 is 5.97 Å². The molecule has 3 N–H and O–H groups in total. The topological polar surface area (TPSA) is 86.9 Å². The highest BCUT2D eigenvalue weighted by molar-refractivity contribution is 5.94. The molecule has 1 aromatic rings. The van der Waals surface area contributed by atoms with Crippen molar-refractivity contribution in [3.63, 3.8) is 0 Å². The number of nitrogen functional groups attached to an aromatic ring is 1. The van der Waals surface area contributed by atoms with Gasteiger partial charge in [-0.15, -0.1) is 0 Å². The zero-order valence-electron chi connectivity index (χ0n) is 12.0. The molecule has 1 amide bonds. The molecule has 0 saturated carbocycles. The van der Waals surface area contributed by atoms with Gasteiger partial charge in [0.25, 0.3) is 0 Å². The van der Waals surface area contributed by atoms with Crippen LogP contribution < -0.4 is 10.6 Å². The van der Waals surface area contributed by atoms with Crippen molar-refractivity contribution >= 4 is 23.3 Å². The molecule has 1 aromatic carbocycles. The number of hydrogen-bond acceptors (Lipinski definition) is 4. The number of carboxylic acids is 1. The van der Waals surface area contributed by atoms with Crippen molar-refractivity contribution < 1.29 is 14.7 Å². The predicted octanol–water partition coefficient (Wildman–Crippen LogP) is 0.867. The van der Waals surface area contributed by atoms with Crippen molar-refractivity contribution in [1.29, 1.82) is 0 Å². The summed E-state index contributed by atoms with van der Waals surface area (Å²) in [5, 5.41) is 8.53. The van der Waals surface area contributed by atoms with E-state index in [1.54, 1.807) is 4.90 Å². The van der Waals surface area contributed by atoms with E-state index in [2.05, 4.69) is 4.90 Å². The highest BCUT2D eigenvalue weighted by Crippen LogP contribution is 2.23. The molecular weight excluding hydrogens is 270 g/mol. The summed E-state index contributed by atoms with van der Waals surface area (Å²) in [7, 11) is 0. The number of amides is 1. The Kier molecular flexibility index (Phi) is 4.47. The summed E-state index contributed by atoms with van der Waals surface area (Å²) < 4.78 is 0. The number of carbonyl (C=O) groups is 2. The van der Waals surface area contributed by atoms with Crippen LogP contribution in [0.15, 0.2) is 30.4 Å². The third-order valence-corrected chi connectivity index (χ3v) is 3.52. The summed E-state index contributed by atoms with van der Waals surface area (Å²) in [6, 6.07) is 5.80. The number of carboxylic acid groups (broad SMARTS) is 1. The van der Waals surface area contributed by atoms with E-state index in [-0.39, 0.29) is 5.91 Å². The fourth-order valence-electron chi connectivity index (χ4n) is 2.45. The summed E-state index contributed by atoms with van der Waals surface area (Å²) in [6.45, 7) is 4.60. The van der Waals surface area contributed by atoms with Gasteiger partial charge in [-0.2, -0.15) is 0 Å². The third-order valence-electron chi connectivity index (χ3n) is 3.52. The molecule has 0 aliphatic carbocycles. The molecule has 0 bridgehead atoms. The normalized spacial score (nSPS) is 15.5. The van der Waals surface area contributed by atoms with Gasteiger partial charge in [0.1, 0.15) is 0 Å². The number of anilines is 2. The quantitative estimate of drug-likeness (QED) is 0.637. The zero-order valence-corrected chi connectivity index (χ0v) is 12.0. The summed E-state index contributed by atoms with van der Waals surface area (Å²) in [4.78, 5) is 26.1. The second-order valence-electron chi connectivity index (χ2n) is 5.03. The lowest BCUT2D eigenvalue weighted by Gasteiger charge is -2.36. The number of nitrogens with zero attached hydrogens (tertiary/aromatic N) is 2. The molecule has 21 heavy (non-hydrogen) atoms. The van der Waals surface area contributed by atoms with Gasteiger partial charge in [-0.1, -0.05) is 0 Å². The van der Waals surface area contributed by atoms with Crippen molar-refractivity contribution in [3.05, 3.63) is 35.9 Å². The van der Waals surface area contributed by atoms with Gasteiger partial charge in [0.2, 0.25) is 5.91 Å². The molecule has 6 heteroatoms. The number of nitrogens with two attached hydrogens (primary N) is 1. The van der Waals surface area contributed by atoms with Crippen molar-refractivity contribution in [2.75, 3.05) is 36.8 Å². The van der Waals surface area contributed by atoms with Crippen molar-refractivity contribution in [2.45, 2.75) is 6.92 Å². The number of benzene rings is 1.